The molecule has 0 amide bonds. The first-order valence-electron chi connectivity index (χ1n) is 7.10. The van der Waals surface area contributed by atoms with E-state index in [4.69, 9.17) is 9.31 Å². The van der Waals surface area contributed by atoms with E-state index in [2.05, 4.69) is 0 Å². The lowest BCUT2D eigenvalue weighted by atomic mass is 9.88. The van der Waals surface area contributed by atoms with E-state index in [1.165, 1.54) is 17.4 Å². The van der Waals surface area contributed by atoms with Crippen molar-refractivity contribution in [2.24, 2.45) is 0 Å². The lowest BCUT2D eigenvalue weighted by Gasteiger charge is -2.32. The summed E-state index contributed by atoms with van der Waals surface area (Å²) in [5.74, 6) is -1.69. The molecule has 0 unspecified atom stereocenters. The molecule has 1 aromatic heterocycles. The lowest BCUT2D eigenvalue weighted by Crippen LogP contribution is -2.41. The Kier molecular flexibility index (Phi) is 3.66. The fourth-order valence-corrected chi connectivity index (χ4v) is 3.21. The van der Waals surface area contributed by atoms with Gasteiger partial charge in [-0.15, -0.1) is 11.3 Å². The van der Waals surface area contributed by atoms with Crippen LogP contribution in [0.3, 0.4) is 0 Å². The van der Waals surface area contributed by atoms with Crippen molar-refractivity contribution in [3.05, 3.63) is 42.0 Å². The minimum Gasteiger partial charge on any atom is -0.399 e. The second-order valence-corrected chi connectivity index (χ2v) is 7.53. The zero-order chi connectivity index (χ0) is 16.1. The summed E-state index contributed by atoms with van der Waals surface area (Å²) in [6.07, 6.45) is 0. The van der Waals surface area contributed by atoms with Crippen molar-refractivity contribution in [1.82, 2.24) is 0 Å². The summed E-state index contributed by atoms with van der Waals surface area (Å²) in [7, 11) is -0.436. The smallest absolute Gasteiger partial charge is 0.399 e. The molecule has 0 bridgehead atoms. The Morgan fingerprint density at radius 1 is 0.909 bits per heavy atom. The van der Waals surface area contributed by atoms with Crippen LogP contribution in [0.1, 0.15) is 27.7 Å². The van der Waals surface area contributed by atoms with E-state index in [-0.39, 0.29) is 0 Å². The van der Waals surface area contributed by atoms with Crippen LogP contribution in [0.15, 0.2) is 30.3 Å². The van der Waals surface area contributed by atoms with Crippen LogP contribution in [-0.2, 0) is 9.31 Å². The molecular weight excluding hydrogens is 305 g/mol. The number of rotatable bonds is 2. The summed E-state index contributed by atoms with van der Waals surface area (Å²) < 4.78 is 39.3. The molecule has 1 saturated heterocycles. The quantitative estimate of drug-likeness (QED) is 0.778. The molecule has 1 aliphatic rings. The highest BCUT2D eigenvalue weighted by molar-refractivity contribution is 7.25. The summed E-state index contributed by atoms with van der Waals surface area (Å²) in [4.78, 5) is 0.851. The van der Waals surface area contributed by atoms with Crippen molar-refractivity contribution >= 4 is 23.2 Å². The van der Waals surface area contributed by atoms with Crippen molar-refractivity contribution in [3.8, 4) is 10.4 Å². The number of hydrogen-bond donors (Lipinski definition) is 0. The Balaban J connectivity index is 1.87. The molecule has 1 fully saturated rings. The molecule has 0 aliphatic carbocycles. The minimum absolute atomic E-state index is 0.399. The Bertz CT molecular complexity index is 696. The summed E-state index contributed by atoms with van der Waals surface area (Å²) in [5.41, 5.74) is -0.153. The van der Waals surface area contributed by atoms with Crippen molar-refractivity contribution in [1.29, 1.82) is 0 Å². The molecule has 0 spiro atoms. The molecule has 0 atom stereocenters. The Hall–Kier alpha value is -1.24. The summed E-state index contributed by atoms with van der Waals surface area (Å²) in [6.45, 7) is 7.99. The van der Waals surface area contributed by atoms with E-state index < -0.39 is 30.0 Å². The van der Waals surface area contributed by atoms with Crippen LogP contribution in [-0.4, -0.2) is 18.3 Å². The average molecular weight is 322 g/mol. The summed E-state index contributed by atoms with van der Waals surface area (Å²) in [5, 5.41) is 0. The Labute approximate surface area is 133 Å². The van der Waals surface area contributed by atoms with Gasteiger partial charge in [0.2, 0.25) is 0 Å². The van der Waals surface area contributed by atoms with E-state index >= 15 is 0 Å². The standard InChI is InChI=1S/C16H17BF2O2S/c1-15(2)16(3,4)21-17(20-15)14-8-7-13(22-14)10-5-6-11(18)12(19)9-10/h5-9H,1-4H3. The Morgan fingerprint density at radius 2 is 1.55 bits per heavy atom. The molecule has 6 heteroatoms. The molecule has 3 rings (SSSR count). The van der Waals surface area contributed by atoms with Crippen LogP contribution in [0.4, 0.5) is 8.78 Å². The molecule has 2 nitrogen and oxygen atoms in total. The average Bonchev–Trinajstić information content (AvgIpc) is 2.97. The fourth-order valence-electron chi connectivity index (χ4n) is 2.24. The summed E-state index contributed by atoms with van der Waals surface area (Å²) >= 11 is 1.46. The van der Waals surface area contributed by atoms with E-state index in [0.29, 0.717) is 5.56 Å². The van der Waals surface area contributed by atoms with Crippen LogP contribution in [0.2, 0.25) is 0 Å². The highest BCUT2D eigenvalue weighted by Gasteiger charge is 2.52. The van der Waals surface area contributed by atoms with Gasteiger partial charge in [0.1, 0.15) is 0 Å². The van der Waals surface area contributed by atoms with Crippen LogP contribution in [0, 0.1) is 11.6 Å². The SMILES string of the molecule is CC1(C)OB(c2ccc(-c3ccc(F)c(F)c3)s2)OC1(C)C. The van der Waals surface area contributed by atoms with Crippen molar-refractivity contribution in [2.45, 2.75) is 38.9 Å². The van der Waals surface area contributed by atoms with Gasteiger partial charge in [0, 0.05) is 9.65 Å². The fraction of sp³-hybridized carbons (Fsp3) is 0.375. The topological polar surface area (TPSA) is 18.5 Å². The number of hydrogen-bond acceptors (Lipinski definition) is 3. The van der Waals surface area contributed by atoms with Crippen LogP contribution < -0.4 is 4.78 Å². The second kappa shape index (κ2) is 5.15. The maximum atomic E-state index is 13.4. The van der Waals surface area contributed by atoms with Gasteiger partial charge in [0.05, 0.1) is 11.2 Å². The molecule has 1 aromatic carbocycles. The van der Waals surface area contributed by atoms with Gasteiger partial charge in [-0.05, 0) is 51.5 Å². The monoisotopic (exact) mass is 322 g/mol. The lowest BCUT2D eigenvalue weighted by molar-refractivity contribution is 0.00578. The Morgan fingerprint density at radius 3 is 2.14 bits per heavy atom. The van der Waals surface area contributed by atoms with Crippen LogP contribution >= 0.6 is 11.3 Å². The minimum atomic E-state index is -0.844. The van der Waals surface area contributed by atoms with Gasteiger partial charge in [-0.1, -0.05) is 12.1 Å². The van der Waals surface area contributed by atoms with Gasteiger partial charge in [-0.3, -0.25) is 0 Å². The van der Waals surface area contributed by atoms with Crippen LogP contribution in [0.5, 0.6) is 0 Å². The molecule has 22 heavy (non-hydrogen) atoms. The van der Waals surface area contributed by atoms with E-state index in [0.717, 1.165) is 15.7 Å². The van der Waals surface area contributed by atoms with E-state index in [9.17, 15) is 8.78 Å². The molecular formula is C16H17BF2O2S. The van der Waals surface area contributed by atoms with Crippen molar-refractivity contribution < 1.29 is 18.1 Å². The molecule has 1 aliphatic heterocycles. The van der Waals surface area contributed by atoms with Gasteiger partial charge >= 0.3 is 7.12 Å². The highest BCUT2D eigenvalue weighted by atomic mass is 32.1. The highest BCUT2D eigenvalue weighted by Crippen LogP contribution is 2.37. The molecule has 116 valence electrons. The van der Waals surface area contributed by atoms with Crippen molar-refractivity contribution in [3.63, 3.8) is 0 Å². The van der Waals surface area contributed by atoms with Gasteiger partial charge in [0.15, 0.2) is 11.6 Å². The molecule has 2 heterocycles. The normalized spacial score (nSPS) is 19.6. The first-order valence-corrected chi connectivity index (χ1v) is 7.92. The number of benzene rings is 1. The predicted octanol–water partition coefficient (Wildman–Crippen LogP) is 3.99. The van der Waals surface area contributed by atoms with Crippen LogP contribution in [0.25, 0.3) is 10.4 Å². The number of thiophene rings is 1. The third-order valence-corrected chi connectivity index (χ3v) is 5.47. The van der Waals surface area contributed by atoms with E-state index in [1.54, 1.807) is 6.07 Å². The number of halogens is 2. The molecule has 0 saturated carbocycles. The van der Waals surface area contributed by atoms with Crippen molar-refractivity contribution in [2.75, 3.05) is 0 Å². The van der Waals surface area contributed by atoms with Gasteiger partial charge in [-0.25, -0.2) is 8.78 Å². The summed E-state index contributed by atoms with van der Waals surface area (Å²) in [6, 6.07) is 7.69. The maximum absolute atomic E-state index is 13.4. The second-order valence-electron chi connectivity index (χ2n) is 6.42. The third kappa shape index (κ3) is 2.60. The first kappa shape index (κ1) is 15.7. The predicted molar refractivity (Wildman–Crippen MR) is 85.4 cm³/mol. The van der Waals surface area contributed by atoms with Gasteiger partial charge < -0.3 is 9.31 Å². The maximum Gasteiger partial charge on any atom is 0.505 e. The molecule has 0 radical (unpaired) electrons. The molecule has 0 N–H and O–H groups in total. The van der Waals surface area contributed by atoms with E-state index in [1.807, 2.05) is 39.8 Å². The van der Waals surface area contributed by atoms with Gasteiger partial charge in [-0.2, -0.15) is 0 Å². The molecule has 2 aromatic rings. The van der Waals surface area contributed by atoms with Gasteiger partial charge in [0.25, 0.3) is 0 Å². The zero-order valence-corrected chi connectivity index (χ0v) is 13.8. The third-order valence-electron chi connectivity index (χ3n) is 4.32. The first-order chi connectivity index (χ1) is 10.2. The largest absolute Gasteiger partial charge is 0.505 e. The zero-order valence-electron chi connectivity index (χ0n) is 12.9.